The average molecular weight is 223 g/mol. The minimum atomic E-state index is -0.780. The molecule has 1 aliphatic heterocycles. The van der Waals surface area contributed by atoms with E-state index in [0.29, 0.717) is 6.54 Å². The lowest BCUT2D eigenvalue weighted by atomic mass is 9.79. The van der Waals surface area contributed by atoms with Crippen LogP contribution >= 0.6 is 11.8 Å². The van der Waals surface area contributed by atoms with Crippen LogP contribution in [0.4, 0.5) is 0 Å². The Balaban J connectivity index is 2.41. The van der Waals surface area contributed by atoms with Crippen molar-refractivity contribution in [1.29, 1.82) is 0 Å². The molecule has 1 aromatic rings. The topological polar surface area (TPSA) is 63.3 Å². The van der Waals surface area contributed by atoms with Crippen molar-refractivity contribution in [3.63, 3.8) is 0 Å². The van der Waals surface area contributed by atoms with Crippen molar-refractivity contribution < 1.29 is 9.90 Å². The molecule has 0 aliphatic carbocycles. The highest BCUT2D eigenvalue weighted by Gasteiger charge is 2.39. The van der Waals surface area contributed by atoms with E-state index in [1.807, 2.05) is 24.3 Å². The SMILES string of the molecule is NCC1(CC(=O)O)CSc2ccccc21. The zero-order valence-electron chi connectivity index (χ0n) is 8.27. The Morgan fingerprint density at radius 2 is 2.27 bits per heavy atom. The van der Waals surface area contributed by atoms with Gasteiger partial charge in [0.2, 0.25) is 0 Å². The number of carboxylic acid groups (broad SMARTS) is 1. The smallest absolute Gasteiger partial charge is 0.304 e. The molecule has 3 N–H and O–H groups in total. The number of aliphatic carboxylic acids is 1. The van der Waals surface area contributed by atoms with Crippen molar-refractivity contribution in [2.45, 2.75) is 16.7 Å². The predicted octanol–water partition coefficient (Wildman–Crippen LogP) is 1.46. The Morgan fingerprint density at radius 1 is 1.53 bits per heavy atom. The maximum atomic E-state index is 10.9. The summed E-state index contributed by atoms with van der Waals surface area (Å²) in [5.41, 5.74) is 6.48. The number of carboxylic acids is 1. The summed E-state index contributed by atoms with van der Waals surface area (Å²) in [5, 5.41) is 8.93. The minimum absolute atomic E-state index is 0.119. The normalized spacial score (nSPS) is 23.8. The summed E-state index contributed by atoms with van der Waals surface area (Å²) in [6.07, 6.45) is 0.119. The molecular formula is C11H13NO2S. The number of rotatable bonds is 3. The molecule has 15 heavy (non-hydrogen) atoms. The number of thioether (sulfide) groups is 1. The van der Waals surface area contributed by atoms with E-state index < -0.39 is 5.97 Å². The number of fused-ring (bicyclic) bond motifs is 1. The first-order chi connectivity index (χ1) is 7.18. The maximum absolute atomic E-state index is 10.9. The Bertz CT molecular complexity index is 394. The highest BCUT2D eigenvalue weighted by molar-refractivity contribution is 7.99. The summed E-state index contributed by atoms with van der Waals surface area (Å²) in [6, 6.07) is 7.93. The highest BCUT2D eigenvalue weighted by atomic mass is 32.2. The van der Waals surface area contributed by atoms with E-state index in [2.05, 4.69) is 0 Å². The molecule has 0 amide bonds. The maximum Gasteiger partial charge on any atom is 0.304 e. The third-order valence-electron chi connectivity index (χ3n) is 2.84. The summed E-state index contributed by atoms with van der Waals surface area (Å²) in [4.78, 5) is 12.0. The zero-order valence-corrected chi connectivity index (χ0v) is 9.09. The lowest BCUT2D eigenvalue weighted by Crippen LogP contribution is -2.37. The van der Waals surface area contributed by atoms with Gasteiger partial charge in [0.15, 0.2) is 0 Å². The molecule has 1 heterocycles. The first kappa shape index (κ1) is 10.5. The van der Waals surface area contributed by atoms with Crippen LogP contribution in [-0.2, 0) is 10.2 Å². The van der Waals surface area contributed by atoms with Crippen LogP contribution in [0.25, 0.3) is 0 Å². The summed E-state index contributed by atoms with van der Waals surface area (Å²) in [7, 11) is 0. The van der Waals surface area contributed by atoms with Crippen LogP contribution in [0.15, 0.2) is 29.2 Å². The molecule has 3 nitrogen and oxygen atoms in total. The van der Waals surface area contributed by atoms with Crippen LogP contribution in [-0.4, -0.2) is 23.4 Å². The van der Waals surface area contributed by atoms with Crippen LogP contribution in [0.3, 0.4) is 0 Å². The van der Waals surface area contributed by atoms with Crippen molar-refractivity contribution in [3.05, 3.63) is 29.8 Å². The molecule has 4 heteroatoms. The molecule has 0 saturated heterocycles. The average Bonchev–Trinajstić information content (AvgIpc) is 2.58. The van der Waals surface area contributed by atoms with Crippen LogP contribution < -0.4 is 5.73 Å². The molecule has 2 rings (SSSR count). The van der Waals surface area contributed by atoms with Gasteiger partial charge < -0.3 is 10.8 Å². The first-order valence-corrected chi connectivity index (χ1v) is 5.81. The third-order valence-corrected chi connectivity index (χ3v) is 4.21. The van der Waals surface area contributed by atoms with Gasteiger partial charge in [-0.2, -0.15) is 0 Å². The Kier molecular flexibility index (Phi) is 2.71. The van der Waals surface area contributed by atoms with Gasteiger partial charge in [0.1, 0.15) is 0 Å². The fourth-order valence-corrected chi connectivity index (χ4v) is 3.42. The molecule has 1 aromatic carbocycles. The van der Waals surface area contributed by atoms with Crippen LogP contribution in [0, 0.1) is 0 Å². The van der Waals surface area contributed by atoms with E-state index in [9.17, 15) is 4.79 Å². The largest absolute Gasteiger partial charge is 0.481 e. The molecule has 0 spiro atoms. The molecule has 0 aromatic heterocycles. The number of carbonyl (C=O) groups is 1. The van der Waals surface area contributed by atoms with E-state index in [1.165, 1.54) is 4.90 Å². The van der Waals surface area contributed by atoms with Gasteiger partial charge in [-0.25, -0.2) is 0 Å². The van der Waals surface area contributed by atoms with Gasteiger partial charge in [-0.1, -0.05) is 18.2 Å². The van der Waals surface area contributed by atoms with Gasteiger partial charge in [0.05, 0.1) is 6.42 Å². The monoisotopic (exact) mass is 223 g/mol. The van der Waals surface area contributed by atoms with Crippen molar-refractivity contribution in [2.24, 2.45) is 5.73 Å². The van der Waals surface area contributed by atoms with E-state index in [1.54, 1.807) is 11.8 Å². The second-order valence-corrected chi connectivity index (χ2v) is 4.86. The van der Waals surface area contributed by atoms with Crippen LogP contribution in [0.5, 0.6) is 0 Å². The van der Waals surface area contributed by atoms with Gasteiger partial charge in [0, 0.05) is 22.6 Å². The molecule has 80 valence electrons. The number of nitrogens with two attached hydrogens (primary N) is 1. The fraction of sp³-hybridized carbons (Fsp3) is 0.364. The lowest BCUT2D eigenvalue weighted by Gasteiger charge is -2.25. The van der Waals surface area contributed by atoms with Gasteiger partial charge in [-0.05, 0) is 11.6 Å². The van der Waals surface area contributed by atoms with E-state index in [4.69, 9.17) is 10.8 Å². The molecule has 1 unspecified atom stereocenters. The number of hydrogen-bond acceptors (Lipinski definition) is 3. The molecule has 0 fully saturated rings. The molecule has 0 radical (unpaired) electrons. The van der Waals surface area contributed by atoms with Gasteiger partial charge in [-0.15, -0.1) is 11.8 Å². The first-order valence-electron chi connectivity index (χ1n) is 4.82. The summed E-state index contributed by atoms with van der Waals surface area (Å²) in [6.45, 7) is 0.392. The Hall–Kier alpha value is -1.00. The number of hydrogen-bond donors (Lipinski definition) is 2. The fourth-order valence-electron chi connectivity index (χ4n) is 2.00. The molecule has 1 aliphatic rings. The Labute approximate surface area is 92.7 Å². The molecule has 0 saturated carbocycles. The predicted molar refractivity (Wildman–Crippen MR) is 60.2 cm³/mol. The Morgan fingerprint density at radius 3 is 2.93 bits per heavy atom. The molecule has 1 atom stereocenters. The molecular weight excluding hydrogens is 210 g/mol. The number of benzene rings is 1. The van der Waals surface area contributed by atoms with Gasteiger partial charge in [-0.3, -0.25) is 4.79 Å². The van der Waals surface area contributed by atoms with E-state index in [-0.39, 0.29) is 11.8 Å². The van der Waals surface area contributed by atoms with Crippen molar-refractivity contribution in [3.8, 4) is 0 Å². The quantitative estimate of drug-likeness (QED) is 0.814. The minimum Gasteiger partial charge on any atom is -0.481 e. The summed E-state index contributed by atoms with van der Waals surface area (Å²) >= 11 is 1.70. The second kappa shape index (κ2) is 3.87. The highest BCUT2D eigenvalue weighted by Crippen LogP contribution is 2.45. The van der Waals surface area contributed by atoms with Crippen molar-refractivity contribution in [1.82, 2.24) is 0 Å². The van der Waals surface area contributed by atoms with E-state index in [0.717, 1.165) is 11.3 Å². The lowest BCUT2D eigenvalue weighted by molar-refractivity contribution is -0.138. The van der Waals surface area contributed by atoms with Crippen LogP contribution in [0.1, 0.15) is 12.0 Å². The standard InChI is InChI=1S/C11H13NO2S/c12-6-11(5-10(13)14)7-15-9-4-2-1-3-8(9)11/h1-4H,5-7,12H2,(H,13,14). The zero-order chi connectivity index (χ0) is 10.9. The van der Waals surface area contributed by atoms with Gasteiger partial charge in [0.25, 0.3) is 0 Å². The summed E-state index contributed by atoms with van der Waals surface area (Å²) < 4.78 is 0. The third kappa shape index (κ3) is 1.75. The van der Waals surface area contributed by atoms with E-state index >= 15 is 0 Å². The van der Waals surface area contributed by atoms with Gasteiger partial charge >= 0.3 is 5.97 Å². The second-order valence-electron chi connectivity index (χ2n) is 3.84. The summed E-state index contributed by atoms with van der Waals surface area (Å²) in [5.74, 6) is -0.00690. The van der Waals surface area contributed by atoms with Crippen molar-refractivity contribution >= 4 is 17.7 Å². The van der Waals surface area contributed by atoms with Crippen LogP contribution in [0.2, 0.25) is 0 Å². The van der Waals surface area contributed by atoms with Crippen molar-refractivity contribution in [2.75, 3.05) is 12.3 Å². The molecule has 0 bridgehead atoms.